The van der Waals surface area contributed by atoms with Gasteiger partial charge in [-0.15, -0.1) is 11.8 Å². The average Bonchev–Trinajstić information content (AvgIpc) is 3.43. The summed E-state index contributed by atoms with van der Waals surface area (Å²) in [4.78, 5) is 18.3. The fourth-order valence-electron chi connectivity index (χ4n) is 3.10. The Bertz CT molecular complexity index is 886. The van der Waals surface area contributed by atoms with Crippen molar-refractivity contribution < 1.29 is 4.79 Å². The van der Waals surface area contributed by atoms with Gasteiger partial charge in [0, 0.05) is 35.6 Å². The largest absolute Gasteiger partial charge is 0.348 e. The van der Waals surface area contributed by atoms with Gasteiger partial charge in [0.2, 0.25) is 0 Å². The molecule has 134 valence electrons. The van der Waals surface area contributed by atoms with Gasteiger partial charge in [-0.3, -0.25) is 4.79 Å². The number of nitrogens with one attached hydrogen (secondary N) is 1. The maximum atomic E-state index is 12.7. The Morgan fingerprint density at radius 2 is 2.08 bits per heavy atom. The van der Waals surface area contributed by atoms with Crippen molar-refractivity contribution in [3.63, 3.8) is 0 Å². The van der Waals surface area contributed by atoms with Crippen molar-refractivity contribution in [2.45, 2.75) is 29.5 Å². The predicted molar refractivity (Wildman–Crippen MR) is 104 cm³/mol. The molecular weight excluding hydrogens is 344 g/mol. The molecule has 0 aliphatic heterocycles. The summed E-state index contributed by atoms with van der Waals surface area (Å²) < 4.78 is 2.01. The number of carbonyl (C=O) groups is 1. The van der Waals surface area contributed by atoms with E-state index < -0.39 is 0 Å². The minimum absolute atomic E-state index is 0.0366. The number of aromatic nitrogens is 2. The van der Waals surface area contributed by atoms with Crippen LogP contribution in [0.3, 0.4) is 0 Å². The molecule has 2 aromatic heterocycles. The molecule has 1 atom stereocenters. The molecule has 1 aromatic carbocycles. The monoisotopic (exact) mass is 366 g/mol. The summed E-state index contributed by atoms with van der Waals surface area (Å²) >= 11 is 1.63. The van der Waals surface area contributed by atoms with E-state index in [-0.39, 0.29) is 11.9 Å². The molecule has 1 fully saturated rings. The molecule has 0 saturated heterocycles. The number of pyridine rings is 1. The first-order chi connectivity index (χ1) is 12.7. The molecule has 0 spiro atoms. The number of thioether (sulfide) groups is 1. The van der Waals surface area contributed by atoms with E-state index >= 15 is 0 Å². The third kappa shape index (κ3) is 3.76. The zero-order valence-electron chi connectivity index (χ0n) is 14.5. The first kappa shape index (κ1) is 17.1. The van der Waals surface area contributed by atoms with E-state index in [9.17, 15) is 4.79 Å². The Morgan fingerprint density at radius 1 is 1.27 bits per heavy atom. The van der Waals surface area contributed by atoms with Gasteiger partial charge < -0.3 is 15.5 Å². The van der Waals surface area contributed by atoms with Crippen LogP contribution in [0.25, 0.3) is 5.65 Å². The third-order valence-corrected chi connectivity index (χ3v) is 5.79. The van der Waals surface area contributed by atoms with Crippen molar-refractivity contribution in [2.24, 2.45) is 11.7 Å². The fourth-order valence-corrected chi connectivity index (χ4v) is 4.04. The summed E-state index contributed by atoms with van der Waals surface area (Å²) in [6, 6.07) is 13.8. The normalized spacial score (nSPS) is 15.1. The number of hydrogen-bond donors (Lipinski definition) is 2. The number of hydrogen-bond acceptors (Lipinski definition) is 4. The van der Waals surface area contributed by atoms with Crippen LogP contribution in [-0.2, 0) is 5.75 Å². The molecule has 4 rings (SSSR count). The molecule has 6 heteroatoms. The smallest absolute Gasteiger partial charge is 0.252 e. The molecule has 0 radical (unpaired) electrons. The number of nitrogens with zero attached hydrogens (tertiary/aromatic N) is 2. The Kier molecular flexibility index (Phi) is 4.95. The van der Waals surface area contributed by atoms with Gasteiger partial charge in [0.1, 0.15) is 5.65 Å². The van der Waals surface area contributed by atoms with E-state index in [1.807, 2.05) is 59.3 Å². The second kappa shape index (κ2) is 7.51. The van der Waals surface area contributed by atoms with Gasteiger partial charge in [-0.1, -0.05) is 18.2 Å². The van der Waals surface area contributed by atoms with Crippen LogP contribution >= 0.6 is 11.8 Å². The van der Waals surface area contributed by atoms with Crippen LogP contribution in [0.5, 0.6) is 0 Å². The molecule has 3 aromatic rings. The van der Waals surface area contributed by atoms with Gasteiger partial charge in [0.15, 0.2) is 0 Å². The number of amides is 1. The van der Waals surface area contributed by atoms with Gasteiger partial charge >= 0.3 is 0 Å². The molecule has 1 aliphatic rings. The quantitative estimate of drug-likeness (QED) is 0.630. The minimum Gasteiger partial charge on any atom is -0.348 e. The molecule has 26 heavy (non-hydrogen) atoms. The number of carbonyl (C=O) groups excluding carboxylic acids is 1. The first-order valence-corrected chi connectivity index (χ1v) is 9.88. The van der Waals surface area contributed by atoms with E-state index in [1.54, 1.807) is 11.8 Å². The Hall–Kier alpha value is -2.31. The zero-order valence-corrected chi connectivity index (χ0v) is 15.3. The molecular formula is C20H22N4OS. The lowest BCUT2D eigenvalue weighted by molar-refractivity contribution is 0.0930. The predicted octanol–water partition coefficient (Wildman–Crippen LogP) is 3.09. The highest BCUT2D eigenvalue weighted by molar-refractivity contribution is 7.98. The highest BCUT2D eigenvalue weighted by atomic mass is 32.2. The Balaban J connectivity index is 1.47. The molecule has 1 aliphatic carbocycles. The van der Waals surface area contributed by atoms with Crippen molar-refractivity contribution in [3.05, 3.63) is 66.1 Å². The Morgan fingerprint density at radius 3 is 2.85 bits per heavy atom. The minimum atomic E-state index is -0.0366. The summed E-state index contributed by atoms with van der Waals surface area (Å²) in [5.41, 5.74) is 8.46. The average molecular weight is 366 g/mol. The van der Waals surface area contributed by atoms with E-state index in [1.165, 1.54) is 0 Å². The summed E-state index contributed by atoms with van der Waals surface area (Å²) in [7, 11) is 0. The van der Waals surface area contributed by atoms with Crippen LogP contribution < -0.4 is 11.1 Å². The Labute approximate surface area is 157 Å². The number of rotatable bonds is 7. The summed E-state index contributed by atoms with van der Waals surface area (Å²) in [6.07, 6.45) is 6.34. The van der Waals surface area contributed by atoms with E-state index in [0.717, 1.165) is 34.8 Å². The summed E-state index contributed by atoms with van der Waals surface area (Å²) in [5, 5.41) is 3.11. The topological polar surface area (TPSA) is 72.4 Å². The first-order valence-electron chi connectivity index (χ1n) is 8.90. The van der Waals surface area contributed by atoms with Crippen LogP contribution in [0.4, 0.5) is 0 Å². The number of imidazole rings is 1. The second-order valence-corrected chi connectivity index (χ2v) is 7.65. The molecule has 3 N–H and O–H groups in total. The molecule has 0 bridgehead atoms. The standard InChI is InChI=1S/C20H22N4OS/c21-11-17(14-8-9-14)23-20(25)16-5-1-2-6-18(16)26-13-15-12-24-10-4-3-7-19(24)22-15/h1-7,10,12,14,17H,8-9,11,13,21H2,(H,23,25). The maximum absolute atomic E-state index is 12.7. The third-order valence-electron chi connectivity index (χ3n) is 4.68. The van der Waals surface area contributed by atoms with Gasteiger partial charge in [-0.25, -0.2) is 4.98 Å². The zero-order chi connectivity index (χ0) is 17.9. The SMILES string of the molecule is NCC(NC(=O)c1ccccc1SCc1cn2ccccc2n1)C1CC1. The number of nitrogens with two attached hydrogens (primary N) is 1. The van der Waals surface area contributed by atoms with Crippen LogP contribution in [0.15, 0.2) is 59.8 Å². The molecule has 1 saturated carbocycles. The molecule has 1 unspecified atom stereocenters. The van der Waals surface area contributed by atoms with Crippen molar-refractivity contribution in [3.8, 4) is 0 Å². The van der Waals surface area contributed by atoms with Crippen LogP contribution in [0, 0.1) is 5.92 Å². The van der Waals surface area contributed by atoms with Crippen LogP contribution in [0.1, 0.15) is 28.9 Å². The van der Waals surface area contributed by atoms with Crippen molar-refractivity contribution in [1.82, 2.24) is 14.7 Å². The van der Waals surface area contributed by atoms with Crippen molar-refractivity contribution >= 4 is 23.3 Å². The lowest BCUT2D eigenvalue weighted by Crippen LogP contribution is -2.41. The van der Waals surface area contributed by atoms with Gasteiger partial charge in [0.25, 0.3) is 5.91 Å². The van der Waals surface area contributed by atoms with Crippen LogP contribution in [0.2, 0.25) is 0 Å². The van der Waals surface area contributed by atoms with Crippen molar-refractivity contribution in [2.75, 3.05) is 6.54 Å². The highest BCUT2D eigenvalue weighted by Gasteiger charge is 2.31. The van der Waals surface area contributed by atoms with E-state index in [2.05, 4.69) is 10.3 Å². The summed E-state index contributed by atoms with van der Waals surface area (Å²) in [6.45, 7) is 0.493. The second-order valence-electron chi connectivity index (χ2n) is 6.64. The summed E-state index contributed by atoms with van der Waals surface area (Å²) in [5.74, 6) is 1.22. The van der Waals surface area contributed by atoms with Gasteiger partial charge in [0.05, 0.1) is 11.3 Å². The van der Waals surface area contributed by atoms with Gasteiger partial charge in [-0.2, -0.15) is 0 Å². The van der Waals surface area contributed by atoms with Crippen LogP contribution in [-0.4, -0.2) is 27.9 Å². The molecule has 2 heterocycles. The maximum Gasteiger partial charge on any atom is 0.252 e. The fraction of sp³-hybridized carbons (Fsp3) is 0.300. The number of fused-ring (bicyclic) bond motifs is 1. The highest BCUT2D eigenvalue weighted by Crippen LogP contribution is 2.33. The molecule has 1 amide bonds. The van der Waals surface area contributed by atoms with E-state index in [0.29, 0.717) is 18.0 Å². The van der Waals surface area contributed by atoms with E-state index in [4.69, 9.17) is 5.73 Å². The van der Waals surface area contributed by atoms with Crippen molar-refractivity contribution in [1.29, 1.82) is 0 Å². The number of benzene rings is 1. The lowest BCUT2D eigenvalue weighted by Gasteiger charge is -2.17. The lowest BCUT2D eigenvalue weighted by atomic mass is 10.1. The van der Waals surface area contributed by atoms with Gasteiger partial charge in [-0.05, 0) is 43.0 Å². The molecule has 5 nitrogen and oxygen atoms in total.